The fourth-order valence-corrected chi connectivity index (χ4v) is 4.04. The van der Waals surface area contributed by atoms with Crippen LogP contribution in [0.5, 0.6) is 0 Å². The highest BCUT2D eigenvalue weighted by Crippen LogP contribution is 2.27. The average molecular weight is 296 g/mol. The summed E-state index contributed by atoms with van der Waals surface area (Å²) in [6.45, 7) is 11.7. The van der Waals surface area contributed by atoms with E-state index in [1.54, 1.807) is 0 Å². The monoisotopic (exact) mass is 296 g/mol. The van der Waals surface area contributed by atoms with Crippen LogP contribution >= 0.6 is 0 Å². The molecule has 2 saturated heterocycles. The summed E-state index contributed by atoms with van der Waals surface area (Å²) >= 11 is 0. The fraction of sp³-hybridized carbons (Fsp3) is 1.00. The predicted octanol–water partition coefficient (Wildman–Crippen LogP) is 3.58. The Balaban J connectivity index is 1.92. The summed E-state index contributed by atoms with van der Waals surface area (Å²) in [6, 6.07) is 0.574. The molecule has 2 rings (SSSR count). The zero-order chi connectivity index (χ0) is 15.1. The van der Waals surface area contributed by atoms with Crippen LogP contribution in [-0.4, -0.2) is 48.8 Å². The summed E-state index contributed by atoms with van der Waals surface area (Å²) in [7, 11) is 0. The molecule has 1 N–H and O–H groups in total. The van der Waals surface area contributed by atoms with Gasteiger partial charge in [-0.2, -0.15) is 0 Å². The first-order chi connectivity index (χ1) is 10.1. The molecule has 2 aliphatic rings. The van der Waals surface area contributed by atoms with E-state index in [4.69, 9.17) is 4.74 Å². The first-order valence-electron chi connectivity index (χ1n) is 9.24. The summed E-state index contributed by atoms with van der Waals surface area (Å²) in [5.41, 5.74) is 0.249. The van der Waals surface area contributed by atoms with Gasteiger partial charge in [0.1, 0.15) is 0 Å². The number of nitrogens with zero attached hydrogens (tertiary/aromatic N) is 1. The van der Waals surface area contributed by atoms with E-state index in [0.29, 0.717) is 12.1 Å². The normalized spacial score (nSPS) is 26.7. The second kappa shape index (κ2) is 8.50. The molecular weight excluding hydrogens is 260 g/mol. The molecule has 2 aliphatic heterocycles. The SMILES string of the molecule is CCNC(CCC1CCCO1)C(C)(C)N1CCCCCC1. The molecule has 2 heterocycles. The van der Waals surface area contributed by atoms with Crippen LogP contribution in [0.2, 0.25) is 0 Å². The lowest BCUT2D eigenvalue weighted by atomic mass is 9.87. The number of likely N-dealkylation sites (N-methyl/N-ethyl adjacent to an activating group) is 1. The van der Waals surface area contributed by atoms with Crippen LogP contribution in [0.1, 0.15) is 72.1 Å². The van der Waals surface area contributed by atoms with Crippen LogP contribution < -0.4 is 5.32 Å². The predicted molar refractivity (Wildman–Crippen MR) is 89.8 cm³/mol. The third kappa shape index (κ3) is 4.94. The van der Waals surface area contributed by atoms with Gasteiger partial charge in [0.2, 0.25) is 0 Å². The van der Waals surface area contributed by atoms with E-state index in [9.17, 15) is 0 Å². The van der Waals surface area contributed by atoms with Crippen molar-refractivity contribution >= 4 is 0 Å². The summed E-state index contributed by atoms with van der Waals surface area (Å²) in [5.74, 6) is 0. The van der Waals surface area contributed by atoms with Gasteiger partial charge in [-0.05, 0) is 72.0 Å². The number of nitrogens with one attached hydrogen (secondary N) is 1. The topological polar surface area (TPSA) is 24.5 Å². The van der Waals surface area contributed by atoms with Crippen molar-refractivity contribution in [3.8, 4) is 0 Å². The molecule has 124 valence electrons. The summed E-state index contributed by atoms with van der Waals surface area (Å²) in [4.78, 5) is 2.74. The zero-order valence-electron chi connectivity index (χ0n) is 14.5. The number of likely N-dealkylation sites (tertiary alicyclic amines) is 1. The standard InChI is InChI=1S/C18H36N2O/c1-4-19-17(12-11-16-10-9-15-21-16)18(2,3)20-13-7-5-6-8-14-20/h16-17,19H,4-15H2,1-3H3. The van der Waals surface area contributed by atoms with Crippen molar-refractivity contribution in [2.24, 2.45) is 0 Å². The van der Waals surface area contributed by atoms with Crippen LogP contribution in [0.15, 0.2) is 0 Å². The molecule has 0 saturated carbocycles. The lowest BCUT2D eigenvalue weighted by molar-refractivity contribution is 0.0619. The number of hydrogen-bond acceptors (Lipinski definition) is 3. The van der Waals surface area contributed by atoms with Gasteiger partial charge in [0.25, 0.3) is 0 Å². The highest BCUT2D eigenvalue weighted by molar-refractivity contribution is 4.94. The van der Waals surface area contributed by atoms with E-state index in [0.717, 1.165) is 13.2 Å². The Labute approximate surface area is 131 Å². The molecule has 0 radical (unpaired) electrons. The number of hydrogen-bond donors (Lipinski definition) is 1. The summed E-state index contributed by atoms with van der Waals surface area (Å²) in [6.07, 6.45) is 11.1. The smallest absolute Gasteiger partial charge is 0.0576 e. The Morgan fingerprint density at radius 1 is 1.14 bits per heavy atom. The maximum absolute atomic E-state index is 5.82. The van der Waals surface area contributed by atoms with Gasteiger partial charge in [0.05, 0.1) is 6.10 Å². The van der Waals surface area contributed by atoms with Gasteiger partial charge >= 0.3 is 0 Å². The van der Waals surface area contributed by atoms with Gasteiger partial charge in [-0.15, -0.1) is 0 Å². The van der Waals surface area contributed by atoms with Crippen molar-refractivity contribution in [2.75, 3.05) is 26.2 Å². The highest BCUT2D eigenvalue weighted by Gasteiger charge is 2.35. The molecule has 3 nitrogen and oxygen atoms in total. The Kier molecular flexibility index (Phi) is 6.97. The van der Waals surface area contributed by atoms with Crippen LogP contribution in [0, 0.1) is 0 Å². The minimum absolute atomic E-state index is 0.249. The molecule has 0 aromatic heterocycles. The molecule has 0 bridgehead atoms. The van der Waals surface area contributed by atoms with E-state index in [2.05, 4.69) is 31.0 Å². The first kappa shape index (κ1) is 17.2. The van der Waals surface area contributed by atoms with Crippen LogP contribution in [0.3, 0.4) is 0 Å². The minimum atomic E-state index is 0.249. The number of rotatable bonds is 7. The average Bonchev–Trinajstić information content (AvgIpc) is 2.82. The van der Waals surface area contributed by atoms with E-state index < -0.39 is 0 Å². The third-order valence-electron chi connectivity index (χ3n) is 5.53. The number of ether oxygens (including phenoxy) is 1. The molecule has 0 aromatic rings. The molecule has 0 amide bonds. The molecular formula is C18H36N2O. The molecule has 21 heavy (non-hydrogen) atoms. The van der Waals surface area contributed by atoms with Gasteiger partial charge in [-0.1, -0.05) is 19.8 Å². The zero-order valence-corrected chi connectivity index (χ0v) is 14.5. The first-order valence-corrected chi connectivity index (χ1v) is 9.24. The Morgan fingerprint density at radius 2 is 1.86 bits per heavy atom. The maximum atomic E-state index is 5.82. The van der Waals surface area contributed by atoms with Crippen LogP contribution in [0.25, 0.3) is 0 Å². The van der Waals surface area contributed by atoms with Crippen molar-refractivity contribution in [1.82, 2.24) is 10.2 Å². The Hall–Kier alpha value is -0.120. The molecule has 0 aliphatic carbocycles. The summed E-state index contributed by atoms with van der Waals surface area (Å²) < 4.78 is 5.82. The van der Waals surface area contributed by atoms with Crippen molar-refractivity contribution in [3.05, 3.63) is 0 Å². The molecule has 2 atom stereocenters. The molecule has 0 spiro atoms. The van der Waals surface area contributed by atoms with Crippen molar-refractivity contribution in [1.29, 1.82) is 0 Å². The molecule has 2 fully saturated rings. The lowest BCUT2D eigenvalue weighted by Gasteiger charge is -2.44. The molecule has 3 heteroatoms. The maximum Gasteiger partial charge on any atom is 0.0576 e. The van der Waals surface area contributed by atoms with Crippen molar-refractivity contribution in [2.45, 2.75) is 89.8 Å². The fourth-order valence-electron chi connectivity index (χ4n) is 4.04. The van der Waals surface area contributed by atoms with Gasteiger partial charge in [0.15, 0.2) is 0 Å². The van der Waals surface area contributed by atoms with Crippen LogP contribution in [-0.2, 0) is 4.74 Å². The van der Waals surface area contributed by atoms with Gasteiger partial charge in [0, 0.05) is 18.2 Å². The second-order valence-corrected chi connectivity index (χ2v) is 7.38. The molecule has 0 aromatic carbocycles. The van der Waals surface area contributed by atoms with E-state index in [-0.39, 0.29) is 5.54 Å². The van der Waals surface area contributed by atoms with E-state index >= 15 is 0 Å². The van der Waals surface area contributed by atoms with Crippen molar-refractivity contribution in [3.63, 3.8) is 0 Å². The Morgan fingerprint density at radius 3 is 2.43 bits per heavy atom. The highest BCUT2D eigenvalue weighted by atomic mass is 16.5. The van der Waals surface area contributed by atoms with Gasteiger partial charge in [-0.25, -0.2) is 0 Å². The van der Waals surface area contributed by atoms with Gasteiger partial charge < -0.3 is 10.1 Å². The van der Waals surface area contributed by atoms with Gasteiger partial charge in [-0.3, -0.25) is 4.90 Å². The van der Waals surface area contributed by atoms with E-state index in [1.165, 1.54) is 64.5 Å². The quantitative estimate of drug-likeness (QED) is 0.777. The Bertz CT molecular complexity index is 279. The van der Waals surface area contributed by atoms with Crippen LogP contribution in [0.4, 0.5) is 0 Å². The second-order valence-electron chi connectivity index (χ2n) is 7.38. The van der Waals surface area contributed by atoms with Crippen molar-refractivity contribution < 1.29 is 4.74 Å². The largest absolute Gasteiger partial charge is 0.378 e. The third-order valence-corrected chi connectivity index (χ3v) is 5.53. The molecule has 2 unspecified atom stereocenters. The lowest BCUT2D eigenvalue weighted by Crippen LogP contribution is -2.58. The summed E-state index contributed by atoms with van der Waals surface area (Å²) in [5, 5.41) is 3.77. The minimum Gasteiger partial charge on any atom is -0.378 e. The van der Waals surface area contributed by atoms with E-state index in [1.807, 2.05) is 0 Å².